The zero-order valence-electron chi connectivity index (χ0n) is 22.3. The number of methoxy groups -OCH3 is 1. The number of carbonyl (C=O) groups is 3. The van der Waals surface area contributed by atoms with E-state index in [0.717, 1.165) is 54.5 Å². The lowest BCUT2D eigenvalue weighted by molar-refractivity contribution is -0.172. The summed E-state index contributed by atoms with van der Waals surface area (Å²) in [5.41, 5.74) is 3.18. The molecule has 38 heavy (non-hydrogen) atoms. The highest BCUT2D eigenvalue weighted by Gasteiger charge is 2.51. The Hall–Kier alpha value is -2.72. The molecule has 2 aromatic rings. The number of ether oxygens (including phenoxy) is 2. The van der Waals surface area contributed by atoms with Crippen LogP contribution in [0.1, 0.15) is 68.5 Å². The van der Waals surface area contributed by atoms with Gasteiger partial charge in [0, 0.05) is 52.4 Å². The van der Waals surface area contributed by atoms with Crippen molar-refractivity contribution in [3.05, 3.63) is 40.4 Å². The smallest absolute Gasteiger partial charge is 0.312 e. The van der Waals surface area contributed by atoms with E-state index < -0.39 is 22.7 Å². The van der Waals surface area contributed by atoms with Crippen molar-refractivity contribution < 1.29 is 23.9 Å². The maximum absolute atomic E-state index is 13.2. The van der Waals surface area contributed by atoms with Crippen LogP contribution in [0.25, 0.3) is 10.9 Å². The summed E-state index contributed by atoms with van der Waals surface area (Å²) in [6.45, 7) is 6.87. The Morgan fingerprint density at radius 2 is 1.95 bits per heavy atom. The third kappa shape index (κ3) is 4.77. The molecule has 5 unspecified atom stereocenters. The first kappa shape index (κ1) is 26.9. The predicted molar refractivity (Wildman–Crippen MR) is 145 cm³/mol. The van der Waals surface area contributed by atoms with Crippen molar-refractivity contribution in [1.29, 1.82) is 0 Å². The lowest BCUT2D eigenvalue weighted by Gasteiger charge is -2.51. The number of aromatic nitrogens is 1. The summed E-state index contributed by atoms with van der Waals surface area (Å²) in [7, 11) is 1.38. The summed E-state index contributed by atoms with van der Waals surface area (Å²) in [6.07, 6.45) is 2.42. The van der Waals surface area contributed by atoms with Crippen molar-refractivity contribution in [2.24, 2.45) is 22.3 Å². The van der Waals surface area contributed by atoms with E-state index in [1.165, 1.54) is 12.7 Å². The molecule has 10 heteroatoms. The zero-order valence-corrected chi connectivity index (χ0v) is 23.2. The van der Waals surface area contributed by atoms with Crippen molar-refractivity contribution in [3.8, 4) is 0 Å². The molecule has 2 fully saturated rings. The van der Waals surface area contributed by atoms with Gasteiger partial charge in [0.05, 0.1) is 31.0 Å². The second kappa shape index (κ2) is 10.4. The van der Waals surface area contributed by atoms with Gasteiger partial charge < -0.3 is 9.47 Å². The molecule has 3 aliphatic rings. The zero-order chi connectivity index (χ0) is 27.2. The number of fused-ring (bicyclic) bond motifs is 6. The molecule has 204 valence electrons. The van der Waals surface area contributed by atoms with Gasteiger partial charge >= 0.3 is 11.9 Å². The van der Waals surface area contributed by atoms with Gasteiger partial charge in [-0.15, -0.1) is 4.91 Å². The molecule has 1 saturated heterocycles. The highest BCUT2D eigenvalue weighted by Crippen LogP contribution is 2.50. The lowest BCUT2D eigenvalue weighted by atomic mass is 9.64. The molecule has 2 aliphatic heterocycles. The summed E-state index contributed by atoms with van der Waals surface area (Å²) in [4.78, 5) is 52.1. The minimum Gasteiger partial charge on any atom is -0.469 e. The molecule has 1 aliphatic carbocycles. The van der Waals surface area contributed by atoms with Crippen LogP contribution in [0.2, 0.25) is 0 Å². The number of carbonyl (C=O) groups excluding carboxylic acids is 3. The molecule has 5 atom stereocenters. The van der Waals surface area contributed by atoms with E-state index in [-0.39, 0.29) is 36.2 Å². The number of hydrogen-bond donors (Lipinski definition) is 0. The first-order valence-electron chi connectivity index (χ1n) is 13.3. The quantitative estimate of drug-likeness (QED) is 0.288. The van der Waals surface area contributed by atoms with E-state index in [9.17, 15) is 19.3 Å². The van der Waals surface area contributed by atoms with Crippen LogP contribution in [-0.2, 0) is 25.5 Å². The normalized spacial score (nSPS) is 27.1. The number of nitrogens with zero attached hydrogens (tertiary/aromatic N) is 3. The SMILES string of the molecule is COC(=O)C1C(OC(=O)CC(C)(C)SN=O)CCC2CN3CCc4c(n(C(C)=O)c5ccccc45)C3CC21. The number of para-hydroxylation sites is 1. The van der Waals surface area contributed by atoms with Gasteiger partial charge in [0.15, 0.2) is 0 Å². The first-order valence-corrected chi connectivity index (χ1v) is 14.1. The summed E-state index contributed by atoms with van der Waals surface area (Å²) in [5, 5.41) is 1.12. The third-order valence-corrected chi connectivity index (χ3v) is 9.32. The molecule has 0 amide bonds. The fraction of sp³-hybridized carbons (Fsp3) is 0.607. The number of hydrogen-bond acceptors (Lipinski definition) is 9. The van der Waals surface area contributed by atoms with E-state index in [1.54, 1.807) is 20.8 Å². The summed E-state index contributed by atoms with van der Waals surface area (Å²) in [6, 6.07) is 8.04. The Labute approximate surface area is 226 Å². The molecule has 0 bridgehead atoms. The Morgan fingerprint density at radius 1 is 1.18 bits per heavy atom. The fourth-order valence-electron chi connectivity index (χ4n) is 7.09. The highest BCUT2D eigenvalue weighted by atomic mass is 32.2. The summed E-state index contributed by atoms with van der Waals surface area (Å²) >= 11 is 0.806. The number of benzene rings is 1. The number of piperidine rings is 1. The van der Waals surface area contributed by atoms with Gasteiger partial charge in [0.25, 0.3) is 0 Å². The van der Waals surface area contributed by atoms with Gasteiger partial charge in [-0.05, 0) is 63.0 Å². The Morgan fingerprint density at radius 3 is 2.66 bits per heavy atom. The van der Waals surface area contributed by atoms with Crippen molar-refractivity contribution in [2.75, 3.05) is 20.2 Å². The summed E-state index contributed by atoms with van der Waals surface area (Å²) in [5.74, 6) is -1.18. The van der Waals surface area contributed by atoms with Crippen LogP contribution >= 0.6 is 11.9 Å². The van der Waals surface area contributed by atoms with E-state index in [1.807, 2.05) is 22.8 Å². The van der Waals surface area contributed by atoms with Crippen molar-refractivity contribution in [3.63, 3.8) is 0 Å². The average molecular weight is 542 g/mol. The van der Waals surface area contributed by atoms with Gasteiger partial charge in [-0.3, -0.25) is 23.9 Å². The second-order valence-corrected chi connectivity index (χ2v) is 12.8. The fourth-order valence-corrected chi connectivity index (χ4v) is 7.48. The van der Waals surface area contributed by atoms with Gasteiger partial charge in [-0.25, -0.2) is 0 Å². The van der Waals surface area contributed by atoms with Crippen LogP contribution in [0.5, 0.6) is 0 Å². The maximum atomic E-state index is 13.2. The molecule has 1 saturated carbocycles. The Balaban J connectivity index is 1.46. The van der Waals surface area contributed by atoms with E-state index in [4.69, 9.17) is 9.47 Å². The molecule has 0 N–H and O–H groups in total. The maximum Gasteiger partial charge on any atom is 0.312 e. The standard InChI is InChI=1S/C28H35N3O6S/c1-16(32)31-21-8-6-5-7-18(21)19-11-12-30-15-17-9-10-23(37-24(33)14-28(2,3)38-29-35)25(27(34)36-4)20(17)13-22(30)26(19)31/h5-8,17,20,22-23,25H,9-15H2,1-4H3. The highest BCUT2D eigenvalue weighted by molar-refractivity contribution is 7.99. The molecule has 5 rings (SSSR count). The van der Waals surface area contributed by atoms with Crippen LogP contribution in [0.3, 0.4) is 0 Å². The predicted octanol–water partition coefficient (Wildman–Crippen LogP) is 4.91. The molecule has 3 heterocycles. The molecule has 0 spiro atoms. The van der Waals surface area contributed by atoms with E-state index in [0.29, 0.717) is 12.8 Å². The first-order chi connectivity index (χ1) is 18.1. The Bertz CT molecular complexity index is 1270. The molecular formula is C28H35N3O6S. The molecular weight excluding hydrogens is 506 g/mol. The number of nitroso groups, excluding NO2 is 1. The minimum absolute atomic E-state index is 0.00749. The largest absolute Gasteiger partial charge is 0.469 e. The Kier molecular flexibility index (Phi) is 7.39. The van der Waals surface area contributed by atoms with E-state index in [2.05, 4.69) is 15.5 Å². The van der Waals surface area contributed by atoms with Crippen LogP contribution in [-0.4, -0.2) is 58.4 Å². The summed E-state index contributed by atoms with van der Waals surface area (Å²) < 4.78 is 15.2. The number of rotatable bonds is 6. The van der Waals surface area contributed by atoms with Crippen LogP contribution in [0.4, 0.5) is 0 Å². The van der Waals surface area contributed by atoms with Crippen LogP contribution < -0.4 is 0 Å². The van der Waals surface area contributed by atoms with Gasteiger partial charge in [0.1, 0.15) is 6.10 Å². The van der Waals surface area contributed by atoms with Crippen LogP contribution in [0, 0.1) is 22.7 Å². The lowest BCUT2D eigenvalue weighted by Crippen LogP contribution is -2.54. The van der Waals surface area contributed by atoms with Gasteiger partial charge in [-0.2, -0.15) is 0 Å². The number of esters is 2. The topological polar surface area (TPSA) is 107 Å². The monoisotopic (exact) mass is 541 g/mol. The van der Waals surface area contributed by atoms with Gasteiger partial charge in [-0.1, -0.05) is 18.2 Å². The molecule has 1 aromatic carbocycles. The van der Waals surface area contributed by atoms with Crippen molar-refractivity contribution in [1.82, 2.24) is 9.47 Å². The molecule has 9 nitrogen and oxygen atoms in total. The molecule has 1 aromatic heterocycles. The third-order valence-electron chi connectivity index (χ3n) is 8.60. The van der Waals surface area contributed by atoms with Crippen molar-refractivity contribution >= 4 is 40.7 Å². The minimum atomic E-state index is -0.694. The molecule has 0 radical (unpaired) electrons. The second-order valence-electron chi connectivity index (χ2n) is 11.4. The van der Waals surface area contributed by atoms with Gasteiger partial charge in [0.2, 0.25) is 5.91 Å². The van der Waals surface area contributed by atoms with Crippen LogP contribution in [0.15, 0.2) is 28.8 Å². The van der Waals surface area contributed by atoms with Crippen molar-refractivity contribution in [2.45, 2.75) is 69.8 Å². The van der Waals surface area contributed by atoms with E-state index >= 15 is 0 Å². The average Bonchev–Trinajstić information content (AvgIpc) is 3.21.